The third kappa shape index (κ3) is 2.80. The van der Waals surface area contributed by atoms with Crippen LogP contribution in [0.3, 0.4) is 0 Å². The van der Waals surface area contributed by atoms with Gasteiger partial charge in [-0.15, -0.1) is 0 Å². The number of hydrogen-bond donors (Lipinski definition) is 3. The Balaban J connectivity index is 2.78. The molecule has 1 rings (SSSR count). The van der Waals surface area contributed by atoms with Gasteiger partial charge in [0, 0.05) is 0 Å². The van der Waals surface area contributed by atoms with Gasteiger partial charge in [0.25, 0.3) is 0 Å². The summed E-state index contributed by atoms with van der Waals surface area (Å²) in [7, 11) is 0. The first-order chi connectivity index (χ1) is 7.45. The summed E-state index contributed by atoms with van der Waals surface area (Å²) >= 11 is 0. The zero-order valence-electron chi connectivity index (χ0n) is 10.3. The topological polar surface area (TPSA) is 82.0 Å². The molecular weight excluding hydrogens is 206 g/mol. The molecule has 0 aliphatic rings. The van der Waals surface area contributed by atoms with Crippen LogP contribution in [0.5, 0.6) is 0 Å². The van der Waals surface area contributed by atoms with Gasteiger partial charge in [0.1, 0.15) is 12.4 Å². The molecule has 1 aromatic rings. The summed E-state index contributed by atoms with van der Waals surface area (Å²) in [6.07, 6.45) is -0.504. The fourth-order valence-electron chi connectivity index (χ4n) is 2.29. The van der Waals surface area contributed by atoms with Gasteiger partial charge in [-0.05, 0) is 17.8 Å². The summed E-state index contributed by atoms with van der Waals surface area (Å²) in [5.41, 5.74) is 0. The Morgan fingerprint density at radius 2 is 1.69 bits per heavy atom. The van der Waals surface area contributed by atoms with Crippen LogP contribution in [-0.2, 0) is 0 Å². The molecule has 0 radical (unpaired) electrons. The van der Waals surface area contributed by atoms with Crippen molar-refractivity contribution in [3.8, 4) is 0 Å². The van der Waals surface area contributed by atoms with Crippen LogP contribution in [0, 0.1) is 17.8 Å². The molecule has 0 spiro atoms. The van der Waals surface area contributed by atoms with Gasteiger partial charge in [0.15, 0.2) is 5.82 Å². The zero-order valence-corrected chi connectivity index (χ0v) is 10.3. The standard InChI is InChI=1S/C11H21N3O2/c1-6(2)8(7(3)4)9(15)10(16)11-12-5-13-14-11/h5-10,15-16H,1-4H3,(H,12,13,14). The van der Waals surface area contributed by atoms with Crippen molar-refractivity contribution in [1.29, 1.82) is 0 Å². The highest BCUT2D eigenvalue weighted by atomic mass is 16.3. The molecule has 0 saturated carbocycles. The first-order valence-corrected chi connectivity index (χ1v) is 5.66. The Morgan fingerprint density at radius 3 is 2.06 bits per heavy atom. The monoisotopic (exact) mass is 227 g/mol. The molecule has 3 N–H and O–H groups in total. The van der Waals surface area contributed by atoms with Crippen LogP contribution in [0.25, 0.3) is 0 Å². The first-order valence-electron chi connectivity index (χ1n) is 5.66. The molecule has 5 heteroatoms. The Kier molecular flexibility index (Phi) is 4.44. The summed E-state index contributed by atoms with van der Waals surface area (Å²) in [5.74, 6) is 0.944. The smallest absolute Gasteiger partial charge is 0.155 e. The van der Waals surface area contributed by atoms with Crippen molar-refractivity contribution < 1.29 is 10.2 Å². The number of rotatable bonds is 5. The Labute approximate surface area is 95.9 Å². The van der Waals surface area contributed by atoms with E-state index >= 15 is 0 Å². The molecule has 0 saturated heterocycles. The molecule has 0 fully saturated rings. The molecular formula is C11H21N3O2. The third-order valence-electron chi connectivity index (χ3n) is 2.97. The van der Waals surface area contributed by atoms with E-state index in [2.05, 4.69) is 15.2 Å². The fraction of sp³-hybridized carbons (Fsp3) is 0.818. The van der Waals surface area contributed by atoms with Gasteiger partial charge in [-0.25, -0.2) is 4.98 Å². The number of hydrogen-bond acceptors (Lipinski definition) is 4. The maximum atomic E-state index is 10.2. The SMILES string of the molecule is CC(C)C(C(C)C)C(O)C(O)c1ncn[nH]1. The molecule has 2 atom stereocenters. The van der Waals surface area contributed by atoms with E-state index in [4.69, 9.17) is 0 Å². The number of nitrogens with zero attached hydrogens (tertiary/aromatic N) is 2. The average molecular weight is 227 g/mol. The second kappa shape index (κ2) is 5.41. The lowest BCUT2D eigenvalue weighted by molar-refractivity contribution is -0.0496. The Hall–Kier alpha value is -0.940. The second-order valence-electron chi connectivity index (χ2n) is 4.87. The maximum absolute atomic E-state index is 10.2. The van der Waals surface area contributed by atoms with Crippen molar-refractivity contribution in [2.75, 3.05) is 0 Å². The average Bonchev–Trinajstić information content (AvgIpc) is 2.67. The molecule has 92 valence electrons. The van der Waals surface area contributed by atoms with Crippen molar-refractivity contribution >= 4 is 0 Å². The highest BCUT2D eigenvalue weighted by Crippen LogP contribution is 2.30. The van der Waals surface area contributed by atoms with E-state index < -0.39 is 12.2 Å². The molecule has 0 bridgehead atoms. The van der Waals surface area contributed by atoms with Crippen molar-refractivity contribution in [1.82, 2.24) is 15.2 Å². The quantitative estimate of drug-likeness (QED) is 0.704. The number of nitrogens with one attached hydrogen (secondary N) is 1. The molecule has 2 unspecified atom stereocenters. The van der Waals surface area contributed by atoms with Crippen LogP contribution in [-0.4, -0.2) is 31.5 Å². The van der Waals surface area contributed by atoms with E-state index in [1.54, 1.807) is 0 Å². The van der Waals surface area contributed by atoms with Crippen LogP contribution < -0.4 is 0 Å². The summed E-state index contributed by atoms with van der Waals surface area (Å²) in [6, 6.07) is 0. The van der Waals surface area contributed by atoms with Crippen molar-refractivity contribution in [3.63, 3.8) is 0 Å². The largest absolute Gasteiger partial charge is 0.390 e. The Morgan fingerprint density at radius 1 is 1.12 bits per heavy atom. The maximum Gasteiger partial charge on any atom is 0.155 e. The number of aromatic amines is 1. The molecule has 0 amide bonds. The minimum atomic E-state index is -1.00. The number of aliphatic hydroxyl groups excluding tert-OH is 2. The van der Waals surface area contributed by atoms with Crippen LogP contribution in [0.4, 0.5) is 0 Å². The summed E-state index contributed by atoms with van der Waals surface area (Å²) < 4.78 is 0. The third-order valence-corrected chi connectivity index (χ3v) is 2.97. The summed E-state index contributed by atoms with van der Waals surface area (Å²) in [6.45, 7) is 8.17. The lowest BCUT2D eigenvalue weighted by atomic mass is 9.79. The van der Waals surface area contributed by atoms with Crippen molar-refractivity contribution in [3.05, 3.63) is 12.2 Å². The number of aliphatic hydroxyl groups is 2. The van der Waals surface area contributed by atoms with E-state index in [-0.39, 0.29) is 5.92 Å². The van der Waals surface area contributed by atoms with Crippen LogP contribution in [0.2, 0.25) is 0 Å². The van der Waals surface area contributed by atoms with Gasteiger partial charge in [-0.2, -0.15) is 5.10 Å². The van der Waals surface area contributed by atoms with Crippen molar-refractivity contribution in [2.45, 2.75) is 39.9 Å². The molecule has 16 heavy (non-hydrogen) atoms. The lowest BCUT2D eigenvalue weighted by Gasteiger charge is -2.31. The predicted molar refractivity (Wildman–Crippen MR) is 60.5 cm³/mol. The van der Waals surface area contributed by atoms with Gasteiger partial charge >= 0.3 is 0 Å². The van der Waals surface area contributed by atoms with E-state index in [0.717, 1.165) is 0 Å². The van der Waals surface area contributed by atoms with Crippen molar-refractivity contribution in [2.24, 2.45) is 17.8 Å². The number of H-pyrrole nitrogens is 1. The van der Waals surface area contributed by atoms with Gasteiger partial charge in [-0.1, -0.05) is 27.7 Å². The second-order valence-corrected chi connectivity index (χ2v) is 4.87. The molecule has 0 aromatic carbocycles. The molecule has 0 aliphatic heterocycles. The first kappa shape index (κ1) is 13.1. The zero-order chi connectivity index (χ0) is 12.3. The fourth-order valence-corrected chi connectivity index (χ4v) is 2.29. The normalized spacial score (nSPS) is 16.1. The van der Waals surface area contributed by atoms with Crippen LogP contribution >= 0.6 is 0 Å². The summed E-state index contributed by atoms with van der Waals surface area (Å²) in [5, 5.41) is 26.4. The van der Waals surface area contributed by atoms with E-state index in [0.29, 0.717) is 17.7 Å². The molecule has 1 heterocycles. The Bertz CT molecular complexity index is 290. The van der Waals surface area contributed by atoms with Gasteiger partial charge in [-0.3, -0.25) is 5.10 Å². The predicted octanol–water partition coefficient (Wildman–Crippen LogP) is 1.13. The number of aromatic nitrogens is 3. The highest BCUT2D eigenvalue weighted by molar-refractivity contribution is 4.93. The van der Waals surface area contributed by atoms with Crippen LogP contribution in [0.15, 0.2) is 6.33 Å². The highest BCUT2D eigenvalue weighted by Gasteiger charge is 2.33. The van der Waals surface area contributed by atoms with Gasteiger partial charge in [0.2, 0.25) is 0 Å². The molecule has 0 aliphatic carbocycles. The van der Waals surface area contributed by atoms with Gasteiger partial charge in [0.05, 0.1) is 6.10 Å². The van der Waals surface area contributed by atoms with Gasteiger partial charge < -0.3 is 10.2 Å². The minimum Gasteiger partial charge on any atom is -0.390 e. The summed E-state index contributed by atoms with van der Waals surface area (Å²) in [4.78, 5) is 3.86. The van der Waals surface area contributed by atoms with Crippen LogP contribution in [0.1, 0.15) is 39.6 Å². The van der Waals surface area contributed by atoms with E-state index in [1.165, 1.54) is 6.33 Å². The molecule has 5 nitrogen and oxygen atoms in total. The minimum absolute atomic E-state index is 0.0279. The lowest BCUT2D eigenvalue weighted by Crippen LogP contribution is -2.35. The van der Waals surface area contributed by atoms with E-state index in [9.17, 15) is 10.2 Å². The molecule has 1 aromatic heterocycles. The van der Waals surface area contributed by atoms with E-state index in [1.807, 2.05) is 27.7 Å².